The maximum absolute atomic E-state index is 5.80. The van der Waals surface area contributed by atoms with Gasteiger partial charge in [0, 0.05) is 11.5 Å². The zero-order chi connectivity index (χ0) is 17.6. The van der Waals surface area contributed by atoms with Gasteiger partial charge < -0.3 is 19.5 Å². The fraction of sp³-hybridized carbons (Fsp3) is 0.263. The predicted molar refractivity (Wildman–Crippen MR) is 98.2 cm³/mol. The minimum atomic E-state index is 0.628. The molecule has 0 bridgehead atoms. The van der Waals surface area contributed by atoms with E-state index in [4.69, 9.17) is 14.2 Å². The number of nitrogens with zero attached hydrogens (tertiary/aromatic N) is 2. The van der Waals surface area contributed by atoms with E-state index in [0.717, 1.165) is 28.8 Å². The average molecular weight is 339 g/mol. The molecule has 6 heteroatoms. The van der Waals surface area contributed by atoms with E-state index in [-0.39, 0.29) is 0 Å². The molecule has 3 rings (SSSR count). The van der Waals surface area contributed by atoms with Crippen LogP contribution in [0, 0.1) is 0 Å². The summed E-state index contributed by atoms with van der Waals surface area (Å²) in [6.45, 7) is 2.74. The highest BCUT2D eigenvalue weighted by atomic mass is 16.5. The van der Waals surface area contributed by atoms with E-state index in [0.29, 0.717) is 23.9 Å². The summed E-state index contributed by atoms with van der Waals surface area (Å²) in [6, 6.07) is 11.5. The van der Waals surface area contributed by atoms with Crippen molar-refractivity contribution < 1.29 is 14.2 Å². The third kappa shape index (κ3) is 3.57. The zero-order valence-electron chi connectivity index (χ0n) is 14.6. The number of hydrogen-bond donors (Lipinski definition) is 1. The van der Waals surface area contributed by atoms with Crippen LogP contribution in [0.5, 0.6) is 17.2 Å². The van der Waals surface area contributed by atoms with Crippen molar-refractivity contribution in [1.29, 1.82) is 0 Å². The highest BCUT2D eigenvalue weighted by Gasteiger charge is 2.12. The van der Waals surface area contributed by atoms with Gasteiger partial charge >= 0.3 is 0 Å². The lowest BCUT2D eigenvalue weighted by molar-refractivity contribution is 0.319. The lowest BCUT2D eigenvalue weighted by Gasteiger charge is -2.14. The average Bonchev–Trinajstić information content (AvgIpc) is 2.66. The number of benzene rings is 2. The standard InChI is InChI=1S/C19H21N3O3/c1-4-9-25-16-8-6-5-7-14(16)22-19-13-10-17(23-2)18(24-3)11-15(13)20-12-21-19/h5-8,10-12H,4,9H2,1-3H3,(H,20,21,22). The summed E-state index contributed by atoms with van der Waals surface area (Å²) < 4.78 is 16.5. The van der Waals surface area contributed by atoms with Crippen molar-refractivity contribution in [1.82, 2.24) is 9.97 Å². The number of nitrogens with one attached hydrogen (secondary N) is 1. The number of anilines is 2. The summed E-state index contributed by atoms with van der Waals surface area (Å²) in [7, 11) is 3.21. The maximum atomic E-state index is 5.80. The van der Waals surface area contributed by atoms with Gasteiger partial charge in [-0.25, -0.2) is 9.97 Å². The molecule has 0 radical (unpaired) electrons. The van der Waals surface area contributed by atoms with Crippen molar-refractivity contribution in [3.05, 3.63) is 42.7 Å². The van der Waals surface area contributed by atoms with Crippen LogP contribution in [0.4, 0.5) is 11.5 Å². The Labute approximate surface area is 146 Å². The summed E-state index contributed by atoms with van der Waals surface area (Å²) >= 11 is 0. The van der Waals surface area contributed by atoms with Gasteiger partial charge in [-0.1, -0.05) is 19.1 Å². The summed E-state index contributed by atoms with van der Waals surface area (Å²) in [5.41, 5.74) is 1.62. The Morgan fingerprint density at radius 2 is 1.72 bits per heavy atom. The molecule has 130 valence electrons. The highest BCUT2D eigenvalue weighted by molar-refractivity contribution is 5.93. The molecule has 1 heterocycles. The Hall–Kier alpha value is -3.02. The van der Waals surface area contributed by atoms with Gasteiger partial charge in [-0.3, -0.25) is 0 Å². The third-order valence-electron chi connectivity index (χ3n) is 3.74. The summed E-state index contributed by atoms with van der Waals surface area (Å²) in [5, 5.41) is 4.18. The summed E-state index contributed by atoms with van der Waals surface area (Å²) in [6.07, 6.45) is 2.47. The fourth-order valence-electron chi connectivity index (χ4n) is 2.52. The quantitative estimate of drug-likeness (QED) is 0.696. The molecule has 0 aliphatic rings. The fourth-order valence-corrected chi connectivity index (χ4v) is 2.52. The van der Waals surface area contributed by atoms with Gasteiger partial charge in [0.05, 0.1) is 32.0 Å². The van der Waals surface area contributed by atoms with Crippen molar-refractivity contribution in [3.63, 3.8) is 0 Å². The molecule has 25 heavy (non-hydrogen) atoms. The number of fused-ring (bicyclic) bond motifs is 1. The number of methoxy groups -OCH3 is 2. The molecule has 1 N–H and O–H groups in total. The number of hydrogen-bond acceptors (Lipinski definition) is 6. The van der Waals surface area contributed by atoms with Crippen LogP contribution in [0.2, 0.25) is 0 Å². The summed E-state index contributed by atoms with van der Waals surface area (Å²) in [4.78, 5) is 8.70. The van der Waals surface area contributed by atoms with Crippen molar-refractivity contribution in [2.75, 3.05) is 26.1 Å². The highest BCUT2D eigenvalue weighted by Crippen LogP contribution is 2.35. The molecule has 0 amide bonds. The molecule has 0 aliphatic heterocycles. The molecule has 6 nitrogen and oxygen atoms in total. The largest absolute Gasteiger partial charge is 0.493 e. The molecule has 2 aromatic carbocycles. The zero-order valence-corrected chi connectivity index (χ0v) is 14.6. The molecule has 0 saturated carbocycles. The van der Waals surface area contributed by atoms with Crippen LogP contribution in [-0.2, 0) is 0 Å². The Balaban J connectivity index is 2.02. The van der Waals surface area contributed by atoms with Crippen molar-refractivity contribution in [2.45, 2.75) is 13.3 Å². The lowest BCUT2D eigenvalue weighted by atomic mass is 10.2. The third-order valence-corrected chi connectivity index (χ3v) is 3.74. The van der Waals surface area contributed by atoms with Gasteiger partial charge in [-0.05, 0) is 24.6 Å². The van der Waals surface area contributed by atoms with Crippen LogP contribution in [0.3, 0.4) is 0 Å². The van der Waals surface area contributed by atoms with E-state index in [2.05, 4.69) is 22.2 Å². The molecule has 0 aliphatic carbocycles. The van der Waals surface area contributed by atoms with Gasteiger partial charge in [-0.2, -0.15) is 0 Å². The second-order valence-electron chi connectivity index (χ2n) is 5.42. The van der Waals surface area contributed by atoms with Crippen LogP contribution in [0.1, 0.15) is 13.3 Å². The second-order valence-corrected chi connectivity index (χ2v) is 5.42. The molecular weight excluding hydrogens is 318 g/mol. The first-order valence-electron chi connectivity index (χ1n) is 8.12. The molecule has 1 aromatic heterocycles. The number of rotatable bonds is 7. The maximum Gasteiger partial charge on any atom is 0.162 e. The molecule has 3 aromatic rings. The Morgan fingerprint density at radius 3 is 2.48 bits per heavy atom. The van der Waals surface area contributed by atoms with Gasteiger partial charge in [0.1, 0.15) is 17.9 Å². The normalized spacial score (nSPS) is 10.5. The van der Waals surface area contributed by atoms with Crippen LogP contribution in [0.25, 0.3) is 10.9 Å². The minimum absolute atomic E-state index is 0.628. The van der Waals surface area contributed by atoms with E-state index < -0.39 is 0 Å². The van der Waals surface area contributed by atoms with Crippen LogP contribution >= 0.6 is 0 Å². The number of para-hydroxylation sites is 2. The van der Waals surface area contributed by atoms with Gasteiger partial charge in [0.15, 0.2) is 11.5 Å². The van der Waals surface area contributed by atoms with E-state index in [9.17, 15) is 0 Å². The Morgan fingerprint density at radius 1 is 0.960 bits per heavy atom. The molecule has 0 unspecified atom stereocenters. The van der Waals surface area contributed by atoms with Crippen molar-refractivity contribution in [2.24, 2.45) is 0 Å². The molecular formula is C19H21N3O3. The monoisotopic (exact) mass is 339 g/mol. The van der Waals surface area contributed by atoms with E-state index in [1.165, 1.54) is 6.33 Å². The van der Waals surface area contributed by atoms with Crippen molar-refractivity contribution in [3.8, 4) is 17.2 Å². The number of ether oxygens (including phenoxy) is 3. The van der Waals surface area contributed by atoms with Crippen molar-refractivity contribution >= 4 is 22.4 Å². The van der Waals surface area contributed by atoms with Gasteiger partial charge in [-0.15, -0.1) is 0 Å². The van der Waals surface area contributed by atoms with Gasteiger partial charge in [0.2, 0.25) is 0 Å². The van der Waals surface area contributed by atoms with E-state index >= 15 is 0 Å². The molecule has 0 fully saturated rings. The van der Waals surface area contributed by atoms with Crippen LogP contribution < -0.4 is 19.5 Å². The molecule has 0 saturated heterocycles. The first-order valence-corrected chi connectivity index (χ1v) is 8.12. The molecule has 0 atom stereocenters. The minimum Gasteiger partial charge on any atom is -0.493 e. The predicted octanol–water partition coefficient (Wildman–Crippen LogP) is 4.18. The Kier molecular flexibility index (Phi) is 5.18. The first-order chi connectivity index (χ1) is 12.3. The summed E-state index contributed by atoms with van der Waals surface area (Å²) in [5.74, 6) is 2.73. The second kappa shape index (κ2) is 7.70. The van der Waals surface area contributed by atoms with E-state index in [1.807, 2.05) is 36.4 Å². The van der Waals surface area contributed by atoms with Gasteiger partial charge in [0.25, 0.3) is 0 Å². The topological polar surface area (TPSA) is 65.5 Å². The lowest BCUT2D eigenvalue weighted by Crippen LogP contribution is -2.01. The SMILES string of the molecule is CCCOc1ccccc1Nc1ncnc2cc(OC)c(OC)cc12. The van der Waals surface area contributed by atoms with Crippen LogP contribution in [0.15, 0.2) is 42.7 Å². The number of aromatic nitrogens is 2. The smallest absolute Gasteiger partial charge is 0.162 e. The molecule has 0 spiro atoms. The Bertz CT molecular complexity index is 868. The van der Waals surface area contributed by atoms with Crippen LogP contribution in [-0.4, -0.2) is 30.8 Å². The first kappa shape index (κ1) is 16.8. The van der Waals surface area contributed by atoms with E-state index in [1.54, 1.807) is 14.2 Å².